The highest BCUT2D eigenvalue weighted by molar-refractivity contribution is 7.16. The van der Waals surface area contributed by atoms with Gasteiger partial charge in [-0.15, -0.1) is 11.3 Å². The Morgan fingerprint density at radius 2 is 1.96 bits per heavy atom. The Balaban J connectivity index is 1.65. The summed E-state index contributed by atoms with van der Waals surface area (Å²) in [5.74, 6) is 0.570. The third-order valence-electron chi connectivity index (χ3n) is 4.82. The SMILES string of the molecule is O=C(O)C1CCN(C(c2ccc3c(c2)OCO3)c2ccc(Cl)s2)CC1. The van der Waals surface area contributed by atoms with Gasteiger partial charge in [-0.1, -0.05) is 17.7 Å². The molecule has 4 rings (SSSR count). The fourth-order valence-electron chi connectivity index (χ4n) is 3.52. The lowest BCUT2D eigenvalue weighted by atomic mass is 9.93. The van der Waals surface area contributed by atoms with Gasteiger partial charge in [0, 0.05) is 4.88 Å². The maximum absolute atomic E-state index is 11.2. The van der Waals surface area contributed by atoms with Gasteiger partial charge in [-0.25, -0.2) is 0 Å². The van der Waals surface area contributed by atoms with Gasteiger partial charge in [-0.05, 0) is 55.8 Å². The van der Waals surface area contributed by atoms with E-state index in [4.69, 9.17) is 21.1 Å². The third-order valence-corrected chi connectivity index (χ3v) is 6.10. The fraction of sp³-hybridized carbons (Fsp3) is 0.389. The van der Waals surface area contributed by atoms with Crippen LogP contribution in [0.2, 0.25) is 4.34 Å². The first-order valence-corrected chi connectivity index (χ1v) is 9.43. The molecule has 2 aliphatic rings. The van der Waals surface area contributed by atoms with Gasteiger partial charge < -0.3 is 14.6 Å². The number of rotatable bonds is 4. The fourth-order valence-corrected chi connectivity index (χ4v) is 4.74. The molecule has 3 heterocycles. The van der Waals surface area contributed by atoms with E-state index < -0.39 is 5.97 Å². The summed E-state index contributed by atoms with van der Waals surface area (Å²) in [5, 5.41) is 9.24. The molecule has 1 saturated heterocycles. The Hall–Kier alpha value is -1.76. The molecule has 0 spiro atoms. The van der Waals surface area contributed by atoms with E-state index in [0.29, 0.717) is 12.8 Å². The van der Waals surface area contributed by atoms with Crippen molar-refractivity contribution in [2.45, 2.75) is 18.9 Å². The molecule has 2 aromatic rings. The first kappa shape index (κ1) is 16.7. The Bertz CT molecular complexity index is 785. The molecule has 7 heteroatoms. The van der Waals surface area contributed by atoms with Gasteiger partial charge in [-0.3, -0.25) is 9.69 Å². The molecule has 1 aromatic carbocycles. The number of ether oxygens (including phenoxy) is 2. The lowest BCUT2D eigenvalue weighted by Crippen LogP contribution is -2.39. The Kier molecular flexibility index (Phi) is 4.58. The lowest BCUT2D eigenvalue weighted by molar-refractivity contribution is -0.143. The van der Waals surface area contributed by atoms with Crippen molar-refractivity contribution in [3.05, 3.63) is 45.1 Å². The predicted octanol–water partition coefficient (Wildman–Crippen LogP) is 4.02. The smallest absolute Gasteiger partial charge is 0.306 e. The second kappa shape index (κ2) is 6.86. The second-order valence-corrected chi connectivity index (χ2v) is 8.05. The van der Waals surface area contributed by atoms with Gasteiger partial charge in [0.1, 0.15) is 0 Å². The zero-order valence-corrected chi connectivity index (χ0v) is 15.1. The van der Waals surface area contributed by atoms with Crippen LogP contribution in [-0.4, -0.2) is 35.9 Å². The Labute approximate surface area is 154 Å². The number of hydrogen-bond acceptors (Lipinski definition) is 5. The van der Waals surface area contributed by atoms with Crippen LogP contribution in [0.5, 0.6) is 11.5 Å². The number of carbonyl (C=O) groups is 1. The van der Waals surface area contributed by atoms with Crippen LogP contribution in [0.1, 0.15) is 29.3 Å². The average Bonchev–Trinajstić information content (AvgIpc) is 3.24. The van der Waals surface area contributed by atoms with Crippen LogP contribution >= 0.6 is 22.9 Å². The van der Waals surface area contributed by atoms with E-state index in [1.165, 1.54) is 0 Å². The zero-order chi connectivity index (χ0) is 17.4. The van der Waals surface area contributed by atoms with Crippen LogP contribution in [0.4, 0.5) is 0 Å². The molecule has 0 saturated carbocycles. The summed E-state index contributed by atoms with van der Waals surface area (Å²) < 4.78 is 11.7. The topological polar surface area (TPSA) is 59.0 Å². The van der Waals surface area contributed by atoms with Crippen LogP contribution in [-0.2, 0) is 4.79 Å². The van der Waals surface area contributed by atoms with Gasteiger partial charge in [-0.2, -0.15) is 0 Å². The summed E-state index contributed by atoms with van der Waals surface area (Å²) in [6.07, 6.45) is 1.32. The minimum Gasteiger partial charge on any atom is -0.481 e. The summed E-state index contributed by atoms with van der Waals surface area (Å²) in [4.78, 5) is 14.7. The van der Waals surface area contributed by atoms with E-state index in [1.54, 1.807) is 11.3 Å². The normalized spacial score (nSPS) is 19.1. The van der Waals surface area contributed by atoms with Crippen molar-refractivity contribution in [1.29, 1.82) is 0 Å². The van der Waals surface area contributed by atoms with Crippen molar-refractivity contribution in [3.8, 4) is 11.5 Å². The van der Waals surface area contributed by atoms with Crippen LogP contribution in [0, 0.1) is 5.92 Å². The number of nitrogens with zero attached hydrogens (tertiary/aromatic N) is 1. The van der Waals surface area contributed by atoms with Crippen LogP contribution in [0.3, 0.4) is 0 Å². The number of likely N-dealkylation sites (tertiary alicyclic amines) is 1. The molecule has 0 radical (unpaired) electrons. The number of fused-ring (bicyclic) bond motifs is 1. The van der Waals surface area contributed by atoms with Crippen molar-refractivity contribution in [1.82, 2.24) is 4.90 Å². The highest BCUT2D eigenvalue weighted by Gasteiger charge is 2.31. The molecular weight excluding hydrogens is 362 g/mol. The van der Waals surface area contributed by atoms with E-state index in [-0.39, 0.29) is 18.8 Å². The summed E-state index contributed by atoms with van der Waals surface area (Å²) in [7, 11) is 0. The van der Waals surface area contributed by atoms with Gasteiger partial charge in [0.2, 0.25) is 6.79 Å². The van der Waals surface area contributed by atoms with Crippen molar-refractivity contribution in [3.63, 3.8) is 0 Å². The summed E-state index contributed by atoms with van der Waals surface area (Å²) >= 11 is 7.73. The van der Waals surface area contributed by atoms with E-state index in [9.17, 15) is 9.90 Å². The Morgan fingerprint density at radius 1 is 1.20 bits per heavy atom. The molecule has 1 N–H and O–H groups in total. The van der Waals surface area contributed by atoms with Gasteiger partial charge in [0.05, 0.1) is 16.3 Å². The molecule has 1 aromatic heterocycles. The molecule has 5 nitrogen and oxygen atoms in total. The molecule has 1 atom stereocenters. The van der Waals surface area contributed by atoms with Crippen LogP contribution in [0.15, 0.2) is 30.3 Å². The monoisotopic (exact) mass is 379 g/mol. The average molecular weight is 380 g/mol. The number of thiophene rings is 1. The van der Waals surface area contributed by atoms with E-state index in [2.05, 4.69) is 11.0 Å². The third kappa shape index (κ3) is 3.34. The van der Waals surface area contributed by atoms with E-state index in [1.807, 2.05) is 24.3 Å². The van der Waals surface area contributed by atoms with E-state index in [0.717, 1.165) is 39.4 Å². The van der Waals surface area contributed by atoms with Crippen molar-refractivity contribution >= 4 is 28.9 Å². The van der Waals surface area contributed by atoms with E-state index >= 15 is 0 Å². The molecule has 0 bridgehead atoms. The number of aliphatic carboxylic acids is 1. The standard InChI is InChI=1S/C18H18ClNO4S/c19-16-4-3-15(25-16)17(20-7-5-11(6-8-20)18(21)22)12-1-2-13-14(9-12)24-10-23-13/h1-4,9,11,17H,5-8,10H2,(H,21,22). The van der Waals surface area contributed by atoms with Crippen LogP contribution < -0.4 is 9.47 Å². The molecule has 1 unspecified atom stereocenters. The minimum absolute atomic E-state index is 0.0433. The molecule has 1 fully saturated rings. The maximum atomic E-state index is 11.2. The van der Waals surface area contributed by atoms with Gasteiger partial charge >= 0.3 is 5.97 Å². The molecule has 0 aliphatic carbocycles. The van der Waals surface area contributed by atoms with Gasteiger partial charge in [0.25, 0.3) is 0 Å². The summed E-state index contributed by atoms with van der Waals surface area (Å²) in [5.41, 5.74) is 1.11. The molecule has 132 valence electrons. The Morgan fingerprint density at radius 3 is 2.64 bits per heavy atom. The second-order valence-electron chi connectivity index (χ2n) is 6.31. The summed E-state index contributed by atoms with van der Waals surface area (Å²) in [6.45, 7) is 1.73. The maximum Gasteiger partial charge on any atom is 0.306 e. The van der Waals surface area contributed by atoms with Crippen molar-refractivity contribution < 1.29 is 19.4 Å². The number of halogens is 1. The van der Waals surface area contributed by atoms with Crippen molar-refractivity contribution in [2.75, 3.05) is 19.9 Å². The lowest BCUT2D eigenvalue weighted by Gasteiger charge is -2.36. The zero-order valence-electron chi connectivity index (χ0n) is 13.5. The predicted molar refractivity (Wildman–Crippen MR) is 95.7 cm³/mol. The summed E-state index contributed by atoms with van der Waals surface area (Å²) in [6, 6.07) is 10.0. The van der Waals surface area contributed by atoms with Crippen LogP contribution in [0.25, 0.3) is 0 Å². The largest absolute Gasteiger partial charge is 0.481 e. The number of piperidine rings is 1. The number of carboxylic acid groups (broad SMARTS) is 1. The molecule has 2 aliphatic heterocycles. The molecule has 0 amide bonds. The van der Waals surface area contributed by atoms with Gasteiger partial charge in [0.15, 0.2) is 11.5 Å². The number of benzene rings is 1. The molecule has 25 heavy (non-hydrogen) atoms. The highest BCUT2D eigenvalue weighted by atomic mass is 35.5. The minimum atomic E-state index is -0.696. The number of hydrogen-bond donors (Lipinski definition) is 1. The highest BCUT2D eigenvalue weighted by Crippen LogP contribution is 2.41. The first-order valence-electron chi connectivity index (χ1n) is 8.23. The molecular formula is C18H18ClNO4S. The first-order chi connectivity index (χ1) is 12.1. The quantitative estimate of drug-likeness (QED) is 0.869. The van der Waals surface area contributed by atoms with Crippen molar-refractivity contribution in [2.24, 2.45) is 5.92 Å². The number of carboxylic acids is 1.